The van der Waals surface area contributed by atoms with Gasteiger partial charge in [-0.3, -0.25) is 14.4 Å². The highest BCUT2D eigenvalue weighted by Gasteiger charge is 2.24. The van der Waals surface area contributed by atoms with Crippen LogP contribution in [-0.4, -0.2) is 48.1 Å². The van der Waals surface area contributed by atoms with Gasteiger partial charge in [0.2, 0.25) is 11.8 Å². The predicted octanol–water partition coefficient (Wildman–Crippen LogP) is 1.88. The van der Waals surface area contributed by atoms with Gasteiger partial charge in [0.15, 0.2) is 0 Å². The lowest BCUT2D eigenvalue weighted by Gasteiger charge is -2.21. The highest BCUT2D eigenvalue weighted by molar-refractivity contribution is 6.32. The molecular weight excluding hydrogens is 440 g/mol. The van der Waals surface area contributed by atoms with Crippen LogP contribution in [0.2, 0.25) is 5.02 Å². The molecule has 2 aromatic rings. The Kier molecular flexibility index (Phi) is 8.65. The molecule has 172 valence electrons. The number of phenols is 1. The van der Waals surface area contributed by atoms with Gasteiger partial charge in [-0.05, 0) is 31.5 Å². The number of aryl methyl sites for hydroxylation is 1. The van der Waals surface area contributed by atoms with Crippen LogP contribution in [0.25, 0.3) is 0 Å². The van der Waals surface area contributed by atoms with Crippen LogP contribution in [0.5, 0.6) is 11.6 Å². The maximum Gasteiger partial charge on any atom is 0.308 e. The van der Waals surface area contributed by atoms with E-state index >= 15 is 0 Å². The molecule has 2 amide bonds. The van der Waals surface area contributed by atoms with E-state index < -0.39 is 30.4 Å². The van der Waals surface area contributed by atoms with Gasteiger partial charge in [-0.1, -0.05) is 17.7 Å². The molecule has 0 saturated heterocycles. The van der Waals surface area contributed by atoms with Gasteiger partial charge in [0.1, 0.15) is 5.75 Å². The number of benzene rings is 1. The highest BCUT2D eigenvalue weighted by Crippen LogP contribution is 2.34. The average molecular weight is 465 g/mol. The summed E-state index contributed by atoms with van der Waals surface area (Å²) in [7, 11) is 1.40. The van der Waals surface area contributed by atoms with Crippen LogP contribution < -0.4 is 21.1 Å². The van der Waals surface area contributed by atoms with Crippen LogP contribution in [-0.2, 0) is 14.3 Å². The summed E-state index contributed by atoms with van der Waals surface area (Å²) in [6.45, 7) is 3.18. The van der Waals surface area contributed by atoms with Crippen molar-refractivity contribution in [3.8, 4) is 11.6 Å². The van der Waals surface area contributed by atoms with Crippen molar-refractivity contribution in [1.29, 1.82) is 0 Å². The van der Waals surface area contributed by atoms with Gasteiger partial charge in [-0.25, -0.2) is 4.98 Å². The number of nitrogens with zero attached hydrogens (tertiary/aromatic N) is 1. The van der Waals surface area contributed by atoms with Crippen LogP contribution in [0.3, 0.4) is 0 Å². The first-order chi connectivity index (χ1) is 15.2. The van der Waals surface area contributed by atoms with E-state index in [4.69, 9.17) is 26.8 Å². The maximum absolute atomic E-state index is 12.5. The van der Waals surface area contributed by atoms with Crippen molar-refractivity contribution in [2.24, 2.45) is 0 Å². The summed E-state index contributed by atoms with van der Waals surface area (Å²) >= 11 is 6.04. The molecule has 0 aliphatic heterocycles. The minimum absolute atomic E-state index is 0.0843. The molecule has 2 rings (SSSR count). The zero-order valence-electron chi connectivity index (χ0n) is 17.9. The predicted molar refractivity (Wildman–Crippen MR) is 118 cm³/mol. The number of methoxy groups -OCH3 is 1. The largest absolute Gasteiger partial charge is 0.506 e. The number of nitrogens with one attached hydrogen (secondary N) is 2. The monoisotopic (exact) mass is 464 g/mol. The van der Waals surface area contributed by atoms with Gasteiger partial charge in [0.25, 0.3) is 5.91 Å². The maximum atomic E-state index is 12.5. The summed E-state index contributed by atoms with van der Waals surface area (Å²) in [5, 5.41) is 15.5. The molecule has 0 saturated carbocycles. The van der Waals surface area contributed by atoms with Gasteiger partial charge in [0, 0.05) is 11.8 Å². The number of esters is 1. The highest BCUT2D eigenvalue weighted by atomic mass is 35.5. The summed E-state index contributed by atoms with van der Waals surface area (Å²) in [4.78, 5) is 40.7. The summed E-state index contributed by atoms with van der Waals surface area (Å²) in [5.74, 6) is -1.82. The second kappa shape index (κ2) is 11.2. The molecule has 0 fully saturated rings. The number of pyridine rings is 1. The Bertz CT molecular complexity index is 1010. The lowest BCUT2D eigenvalue weighted by atomic mass is 10.00. The number of nitrogens with two attached hydrogens (primary N) is 1. The standard InChI is InChI=1S/C21H25ClN4O6/c1-4-32-18(28)8-16(13-5-11(2)6-14(22)19(13)29)26-17(27)10-24-20(30)12-7-15(23)21(31-3)25-9-12/h5-7,9,16,29H,4,8,10,23H2,1-3H3,(H,24,30)(H,26,27)/t16-/m0/s1. The number of amides is 2. The Morgan fingerprint density at radius 3 is 2.62 bits per heavy atom. The van der Waals surface area contributed by atoms with Gasteiger partial charge in [0.05, 0.1) is 49.0 Å². The van der Waals surface area contributed by atoms with Crippen LogP contribution in [0.15, 0.2) is 24.4 Å². The molecule has 5 N–H and O–H groups in total. The SMILES string of the molecule is CCOC(=O)C[C@H](NC(=O)CNC(=O)c1cnc(OC)c(N)c1)c1cc(C)cc(Cl)c1O. The fraction of sp³-hybridized carbons (Fsp3) is 0.333. The number of phenolic OH excluding ortho intramolecular Hbond substituents is 1. The smallest absolute Gasteiger partial charge is 0.308 e. The molecule has 1 aromatic heterocycles. The molecule has 1 atom stereocenters. The number of carbonyl (C=O) groups is 3. The number of nitrogen functional groups attached to an aromatic ring is 1. The molecule has 0 spiro atoms. The Hall–Kier alpha value is -3.53. The fourth-order valence-electron chi connectivity index (χ4n) is 2.92. The molecule has 0 aliphatic rings. The van der Waals surface area contributed by atoms with Crippen molar-refractivity contribution >= 4 is 35.1 Å². The topological polar surface area (TPSA) is 153 Å². The van der Waals surface area contributed by atoms with Gasteiger partial charge >= 0.3 is 5.97 Å². The van der Waals surface area contributed by atoms with E-state index in [0.717, 1.165) is 5.56 Å². The van der Waals surface area contributed by atoms with E-state index in [1.807, 2.05) is 0 Å². The zero-order chi connectivity index (χ0) is 23.8. The Morgan fingerprint density at radius 2 is 2.00 bits per heavy atom. The third-order valence-electron chi connectivity index (χ3n) is 4.37. The van der Waals surface area contributed by atoms with Crippen molar-refractivity contribution in [2.75, 3.05) is 26.0 Å². The number of halogens is 1. The number of hydrogen-bond donors (Lipinski definition) is 4. The van der Waals surface area contributed by atoms with E-state index in [2.05, 4.69) is 15.6 Å². The van der Waals surface area contributed by atoms with Crippen LogP contribution in [0.1, 0.15) is 40.9 Å². The molecule has 0 unspecified atom stereocenters. The summed E-state index contributed by atoms with van der Waals surface area (Å²) in [6, 6.07) is 3.61. The first-order valence-corrected chi connectivity index (χ1v) is 10.1. The van der Waals surface area contributed by atoms with Crippen molar-refractivity contribution < 1.29 is 29.0 Å². The number of aromatic nitrogens is 1. The van der Waals surface area contributed by atoms with Crippen molar-refractivity contribution in [1.82, 2.24) is 15.6 Å². The van der Waals surface area contributed by atoms with Crippen LogP contribution in [0, 0.1) is 6.92 Å². The molecule has 0 radical (unpaired) electrons. The Morgan fingerprint density at radius 1 is 1.28 bits per heavy atom. The molecule has 0 aliphatic carbocycles. The third-order valence-corrected chi connectivity index (χ3v) is 4.66. The van der Waals surface area contributed by atoms with Crippen LogP contribution in [0.4, 0.5) is 5.69 Å². The van der Waals surface area contributed by atoms with E-state index in [-0.39, 0.29) is 46.5 Å². The lowest BCUT2D eigenvalue weighted by Crippen LogP contribution is -2.39. The molecule has 10 nitrogen and oxygen atoms in total. The van der Waals surface area contributed by atoms with E-state index in [1.54, 1.807) is 26.0 Å². The average Bonchev–Trinajstić information content (AvgIpc) is 2.74. The quantitative estimate of drug-likeness (QED) is 0.410. The molecule has 1 heterocycles. The normalized spacial score (nSPS) is 11.4. The Balaban J connectivity index is 2.12. The molecule has 11 heteroatoms. The van der Waals surface area contributed by atoms with Gasteiger partial charge in [-0.15, -0.1) is 0 Å². The first-order valence-electron chi connectivity index (χ1n) is 9.67. The molecule has 1 aromatic carbocycles. The Labute approximate surface area is 190 Å². The number of ether oxygens (including phenoxy) is 2. The first kappa shape index (κ1) is 24.7. The van der Waals surface area contributed by atoms with Gasteiger partial charge in [-0.2, -0.15) is 0 Å². The summed E-state index contributed by atoms with van der Waals surface area (Å²) in [6.07, 6.45) is 1.03. The second-order valence-corrected chi connectivity index (χ2v) is 7.23. The number of hydrogen-bond acceptors (Lipinski definition) is 8. The molecule has 0 bridgehead atoms. The minimum Gasteiger partial charge on any atom is -0.506 e. The number of aromatic hydroxyl groups is 1. The van der Waals surface area contributed by atoms with Crippen molar-refractivity contribution in [3.05, 3.63) is 46.1 Å². The summed E-state index contributed by atoms with van der Waals surface area (Å²) < 4.78 is 9.90. The third kappa shape index (κ3) is 6.48. The summed E-state index contributed by atoms with van der Waals surface area (Å²) in [5.41, 5.74) is 7.04. The van der Waals surface area contributed by atoms with E-state index in [0.29, 0.717) is 0 Å². The number of carbonyl (C=O) groups excluding carboxylic acids is 3. The van der Waals surface area contributed by atoms with Crippen molar-refractivity contribution in [3.63, 3.8) is 0 Å². The number of anilines is 1. The van der Waals surface area contributed by atoms with E-state index in [9.17, 15) is 19.5 Å². The zero-order valence-corrected chi connectivity index (χ0v) is 18.7. The fourth-order valence-corrected chi connectivity index (χ4v) is 3.21. The number of rotatable bonds is 9. The molecule has 32 heavy (non-hydrogen) atoms. The van der Waals surface area contributed by atoms with Crippen molar-refractivity contribution in [2.45, 2.75) is 26.3 Å². The lowest BCUT2D eigenvalue weighted by molar-refractivity contribution is -0.143. The second-order valence-electron chi connectivity index (χ2n) is 6.82. The minimum atomic E-state index is -0.922. The van der Waals surface area contributed by atoms with Gasteiger partial charge < -0.3 is 30.9 Å². The van der Waals surface area contributed by atoms with E-state index in [1.165, 1.54) is 19.4 Å². The molecular formula is C21H25ClN4O6. The van der Waals surface area contributed by atoms with Crippen LogP contribution >= 0.6 is 11.6 Å².